The molecular formula is C12H19N3O3S2. The molecule has 1 aliphatic rings. The normalized spacial score (nSPS) is 15.8. The van der Waals surface area contributed by atoms with Crippen molar-refractivity contribution in [3.05, 3.63) is 4.88 Å². The van der Waals surface area contributed by atoms with Crippen LogP contribution in [0.3, 0.4) is 0 Å². The molecule has 0 radical (unpaired) electrons. The molecule has 1 saturated carbocycles. The quantitative estimate of drug-likeness (QED) is 0.875. The summed E-state index contributed by atoms with van der Waals surface area (Å²) >= 11 is 1.12. The Balaban J connectivity index is 2.48. The number of amides is 1. The fourth-order valence-electron chi connectivity index (χ4n) is 1.99. The number of nitrogens with two attached hydrogens (primary N) is 1. The first-order valence-electron chi connectivity index (χ1n) is 6.32. The van der Waals surface area contributed by atoms with E-state index < -0.39 is 9.84 Å². The van der Waals surface area contributed by atoms with Crippen molar-refractivity contribution in [1.29, 1.82) is 0 Å². The van der Waals surface area contributed by atoms with Crippen molar-refractivity contribution in [3.63, 3.8) is 0 Å². The maximum absolute atomic E-state index is 12.1. The maximum atomic E-state index is 12.1. The number of sulfone groups is 1. The molecule has 20 heavy (non-hydrogen) atoms. The van der Waals surface area contributed by atoms with Crippen LogP contribution in [-0.4, -0.2) is 45.6 Å². The lowest BCUT2D eigenvalue weighted by molar-refractivity contribution is 0.0833. The number of carbonyl (C=O) groups excluding carboxylic acids is 1. The van der Waals surface area contributed by atoms with E-state index in [9.17, 15) is 13.2 Å². The summed E-state index contributed by atoms with van der Waals surface area (Å²) in [5, 5.41) is 3.68. The SMILES string of the molecule is CN(C)C(=O)c1sc(NC2CCC2)c(S(C)(=O)=O)c1N. The van der Waals surface area contributed by atoms with Crippen LogP contribution in [-0.2, 0) is 9.84 Å². The summed E-state index contributed by atoms with van der Waals surface area (Å²) in [6.45, 7) is 0. The summed E-state index contributed by atoms with van der Waals surface area (Å²) in [5.74, 6) is -0.279. The van der Waals surface area contributed by atoms with Crippen molar-refractivity contribution >= 4 is 37.8 Å². The van der Waals surface area contributed by atoms with Crippen molar-refractivity contribution in [1.82, 2.24) is 4.90 Å². The molecule has 8 heteroatoms. The van der Waals surface area contributed by atoms with Crippen molar-refractivity contribution in [2.75, 3.05) is 31.4 Å². The Morgan fingerprint density at radius 1 is 1.40 bits per heavy atom. The van der Waals surface area contributed by atoms with Crippen LogP contribution >= 0.6 is 11.3 Å². The fraction of sp³-hybridized carbons (Fsp3) is 0.583. The minimum Gasteiger partial charge on any atom is -0.396 e. The van der Waals surface area contributed by atoms with E-state index in [1.807, 2.05) is 0 Å². The molecule has 1 aromatic heterocycles. The molecule has 0 spiro atoms. The van der Waals surface area contributed by atoms with E-state index in [2.05, 4.69) is 5.32 Å². The van der Waals surface area contributed by atoms with Gasteiger partial charge in [-0.05, 0) is 19.3 Å². The summed E-state index contributed by atoms with van der Waals surface area (Å²) < 4.78 is 23.9. The van der Waals surface area contributed by atoms with Gasteiger partial charge in [-0.1, -0.05) is 0 Å². The summed E-state index contributed by atoms with van der Waals surface area (Å²) in [4.78, 5) is 13.8. The van der Waals surface area contributed by atoms with Gasteiger partial charge in [0.1, 0.15) is 14.8 Å². The number of nitrogen functional groups attached to an aromatic ring is 1. The first kappa shape index (κ1) is 15.1. The Hall–Kier alpha value is -1.28. The van der Waals surface area contributed by atoms with Gasteiger partial charge in [-0.2, -0.15) is 0 Å². The van der Waals surface area contributed by atoms with Crippen molar-refractivity contribution in [3.8, 4) is 0 Å². The summed E-state index contributed by atoms with van der Waals surface area (Å²) in [7, 11) is -0.257. The zero-order valence-corrected chi connectivity index (χ0v) is 13.4. The smallest absolute Gasteiger partial charge is 0.265 e. The highest BCUT2D eigenvalue weighted by molar-refractivity contribution is 7.91. The van der Waals surface area contributed by atoms with Gasteiger partial charge in [-0.3, -0.25) is 4.79 Å². The average Bonchev–Trinajstić information content (AvgIpc) is 2.59. The van der Waals surface area contributed by atoms with Crippen molar-refractivity contribution in [2.45, 2.75) is 30.2 Å². The second-order valence-electron chi connectivity index (χ2n) is 5.25. The Bertz CT molecular complexity index is 631. The molecule has 1 heterocycles. The molecule has 0 unspecified atom stereocenters. The van der Waals surface area contributed by atoms with Crippen LogP contribution in [0.15, 0.2) is 4.90 Å². The molecule has 0 aromatic carbocycles. The molecule has 112 valence electrons. The largest absolute Gasteiger partial charge is 0.396 e. The molecule has 0 atom stereocenters. The minimum atomic E-state index is -3.48. The van der Waals surface area contributed by atoms with Gasteiger partial charge in [-0.25, -0.2) is 8.42 Å². The van der Waals surface area contributed by atoms with E-state index in [0.29, 0.717) is 5.00 Å². The van der Waals surface area contributed by atoms with Crippen LogP contribution in [0.25, 0.3) is 0 Å². The third kappa shape index (κ3) is 2.76. The van der Waals surface area contributed by atoms with Crippen molar-refractivity contribution < 1.29 is 13.2 Å². The van der Waals surface area contributed by atoms with Crippen LogP contribution < -0.4 is 11.1 Å². The number of carbonyl (C=O) groups is 1. The van der Waals surface area contributed by atoms with E-state index in [0.717, 1.165) is 36.9 Å². The predicted molar refractivity (Wildman–Crippen MR) is 81.1 cm³/mol. The second kappa shape index (κ2) is 5.25. The molecule has 0 aliphatic heterocycles. The van der Waals surface area contributed by atoms with Crippen LogP contribution in [0, 0.1) is 0 Å². The van der Waals surface area contributed by atoms with E-state index in [1.165, 1.54) is 4.90 Å². The number of nitrogens with zero attached hydrogens (tertiary/aromatic N) is 1. The number of nitrogens with one attached hydrogen (secondary N) is 1. The highest BCUT2D eigenvalue weighted by Crippen LogP contribution is 2.41. The number of thiophene rings is 1. The number of hydrogen-bond donors (Lipinski definition) is 2. The number of anilines is 2. The minimum absolute atomic E-state index is 0.0537. The molecule has 2 rings (SSSR count). The average molecular weight is 317 g/mol. The van der Waals surface area contributed by atoms with Crippen LogP contribution in [0.2, 0.25) is 0 Å². The van der Waals surface area contributed by atoms with Gasteiger partial charge in [0.05, 0.1) is 5.69 Å². The van der Waals surface area contributed by atoms with E-state index in [1.54, 1.807) is 14.1 Å². The first-order valence-corrected chi connectivity index (χ1v) is 9.03. The van der Waals surface area contributed by atoms with Gasteiger partial charge in [-0.15, -0.1) is 11.3 Å². The zero-order valence-electron chi connectivity index (χ0n) is 11.8. The highest BCUT2D eigenvalue weighted by atomic mass is 32.2. The molecule has 0 bridgehead atoms. The highest BCUT2D eigenvalue weighted by Gasteiger charge is 2.29. The van der Waals surface area contributed by atoms with Crippen LogP contribution in [0.5, 0.6) is 0 Å². The van der Waals surface area contributed by atoms with Crippen molar-refractivity contribution in [2.24, 2.45) is 0 Å². The molecule has 6 nitrogen and oxygen atoms in total. The van der Waals surface area contributed by atoms with Crippen LogP contribution in [0.4, 0.5) is 10.7 Å². The third-order valence-corrected chi connectivity index (χ3v) is 5.73. The zero-order chi connectivity index (χ0) is 15.1. The summed E-state index contributed by atoms with van der Waals surface area (Å²) in [5.41, 5.74) is 5.96. The number of rotatable bonds is 4. The lowest BCUT2D eigenvalue weighted by Gasteiger charge is -2.27. The van der Waals surface area contributed by atoms with E-state index in [-0.39, 0.29) is 27.4 Å². The van der Waals surface area contributed by atoms with Gasteiger partial charge in [0, 0.05) is 26.4 Å². The second-order valence-corrected chi connectivity index (χ2v) is 8.22. The molecule has 1 fully saturated rings. The predicted octanol–water partition coefficient (Wildman–Crippen LogP) is 1.40. The monoisotopic (exact) mass is 317 g/mol. The Morgan fingerprint density at radius 2 is 2.00 bits per heavy atom. The lowest BCUT2D eigenvalue weighted by atomic mass is 9.93. The van der Waals surface area contributed by atoms with Gasteiger partial charge >= 0.3 is 0 Å². The third-order valence-electron chi connectivity index (χ3n) is 3.31. The standard InChI is InChI=1S/C12H19N3O3S2/c1-15(2)12(16)9-8(13)10(20(3,17)18)11(19-9)14-7-5-4-6-7/h7,14H,4-6,13H2,1-3H3. The molecule has 1 amide bonds. The lowest BCUT2D eigenvalue weighted by Crippen LogP contribution is -2.27. The topological polar surface area (TPSA) is 92.5 Å². The van der Waals surface area contributed by atoms with E-state index in [4.69, 9.17) is 5.73 Å². The molecule has 0 saturated heterocycles. The van der Waals surface area contributed by atoms with Gasteiger partial charge in [0.2, 0.25) is 0 Å². The van der Waals surface area contributed by atoms with Crippen LogP contribution in [0.1, 0.15) is 28.9 Å². The Kier molecular flexibility index (Phi) is 3.97. The molecule has 1 aliphatic carbocycles. The van der Waals surface area contributed by atoms with Gasteiger partial charge < -0.3 is 16.0 Å². The first-order chi connectivity index (χ1) is 9.21. The Morgan fingerprint density at radius 3 is 2.40 bits per heavy atom. The molecule has 1 aromatic rings. The summed E-state index contributed by atoms with van der Waals surface area (Å²) in [6.07, 6.45) is 4.27. The maximum Gasteiger partial charge on any atom is 0.265 e. The van der Waals surface area contributed by atoms with Gasteiger partial charge in [0.15, 0.2) is 9.84 Å². The van der Waals surface area contributed by atoms with Gasteiger partial charge in [0.25, 0.3) is 5.91 Å². The Labute approximate surface area is 122 Å². The summed E-state index contributed by atoms with van der Waals surface area (Å²) in [6, 6.07) is 0.274. The number of hydrogen-bond acceptors (Lipinski definition) is 6. The molecular weight excluding hydrogens is 298 g/mol. The molecule has 3 N–H and O–H groups in total. The van der Waals surface area contributed by atoms with E-state index >= 15 is 0 Å². The fourth-order valence-corrected chi connectivity index (χ4v) is 4.65.